The Labute approximate surface area is 126 Å². The fourth-order valence-electron chi connectivity index (χ4n) is 1.67. The van der Waals surface area contributed by atoms with Gasteiger partial charge in [0.1, 0.15) is 11.5 Å². The summed E-state index contributed by atoms with van der Waals surface area (Å²) in [7, 11) is 7.35. The van der Waals surface area contributed by atoms with E-state index in [0.29, 0.717) is 10.9 Å². The topological polar surface area (TPSA) is 45.8 Å². The van der Waals surface area contributed by atoms with Gasteiger partial charge in [-0.05, 0) is 51.4 Å². The molecule has 20 heavy (non-hydrogen) atoms. The summed E-state index contributed by atoms with van der Waals surface area (Å²) in [6.45, 7) is 1.87. The fourth-order valence-corrected chi connectivity index (χ4v) is 1.88. The van der Waals surface area contributed by atoms with Crippen molar-refractivity contribution in [3.8, 4) is 11.5 Å². The number of nitrogens with one attached hydrogen (secondary N) is 2. The van der Waals surface area contributed by atoms with Gasteiger partial charge in [0, 0.05) is 12.6 Å². The zero-order chi connectivity index (χ0) is 15.0. The lowest BCUT2D eigenvalue weighted by molar-refractivity contribution is 0.395. The van der Waals surface area contributed by atoms with Crippen LogP contribution in [0.3, 0.4) is 0 Å². The molecule has 0 aliphatic carbocycles. The molecule has 1 rings (SSSR count). The lowest BCUT2D eigenvalue weighted by atomic mass is 10.2. The molecule has 0 fully saturated rings. The van der Waals surface area contributed by atoms with Crippen molar-refractivity contribution in [3.63, 3.8) is 0 Å². The minimum atomic E-state index is 0.590. The highest BCUT2D eigenvalue weighted by Crippen LogP contribution is 2.28. The number of benzene rings is 1. The maximum Gasteiger partial charge on any atom is 0.170 e. The quantitative estimate of drug-likeness (QED) is 0.592. The maximum atomic E-state index is 5.31. The van der Waals surface area contributed by atoms with Crippen LogP contribution in [0.2, 0.25) is 0 Å². The molecule has 0 unspecified atom stereocenters. The van der Waals surface area contributed by atoms with Crippen molar-refractivity contribution < 1.29 is 9.47 Å². The third kappa shape index (κ3) is 5.63. The smallest absolute Gasteiger partial charge is 0.170 e. The van der Waals surface area contributed by atoms with Gasteiger partial charge in [0.25, 0.3) is 0 Å². The van der Waals surface area contributed by atoms with Crippen LogP contribution < -0.4 is 20.1 Å². The van der Waals surface area contributed by atoms with Gasteiger partial charge in [0.05, 0.1) is 19.9 Å². The Balaban J connectivity index is 2.49. The number of nitrogens with zero attached hydrogens (tertiary/aromatic N) is 1. The van der Waals surface area contributed by atoms with Crippen molar-refractivity contribution in [2.24, 2.45) is 0 Å². The van der Waals surface area contributed by atoms with Gasteiger partial charge in [-0.15, -0.1) is 0 Å². The largest absolute Gasteiger partial charge is 0.497 e. The Bertz CT molecular complexity index is 438. The molecule has 0 radical (unpaired) electrons. The summed E-state index contributed by atoms with van der Waals surface area (Å²) in [6.07, 6.45) is 1.04. The molecule has 0 saturated carbocycles. The minimum Gasteiger partial charge on any atom is -0.497 e. The summed E-state index contributed by atoms with van der Waals surface area (Å²) in [4.78, 5) is 2.14. The molecule has 6 heteroatoms. The third-order valence-electron chi connectivity index (χ3n) is 2.72. The standard InChI is InChI=1S/C14H23N3O2S/c1-17(2)9-5-8-15-14(20)16-12-7-6-11(18-3)10-13(12)19-4/h6-7,10H,5,8-9H2,1-4H3,(H2,15,16,20). The van der Waals surface area contributed by atoms with Gasteiger partial charge in [-0.2, -0.15) is 0 Å². The van der Waals surface area contributed by atoms with E-state index in [4.69, 9.17) is 21.7 Å². The number of thiocarbonyl (C=S) groups is 1. The van der Waals surface area contributed by atoms with E-state index >= 15 is 0 Å². The molecule has 2 N–H and O–H groups in total. The molecule has 0 aliphatic heterocycles. The SMILES string of the molecule is COc1ccc(NC(=S)NCCCN(C)C)c(OC)c1. The minimum absolute atomic E-state index is 0.590. The summed E-state index contributed by atoms with van der Waals surface area (Å²) < 4.78 is 10.5. The molecular formula is C14H23N3O2S. The summed E-state index contributed by atoms with van der Waals surface area (Å²) in [6, 6.07) is 5.56. The van der Waals surface area contributed by atoms with Crippen molar-refractivity contribution in [3.05, 3.63) is 18.2 Å². The molecule has 112 valence electrons. The highest BCUT2D eigenvalue weighted by molar-refractivity contribution is 7.80. The van der Waals surface area contributed by atoms with Crippen LogP contribution in [0.15, 0.2) is 18.2 Å². The second kappa shape index (κ2) is 8.60. The predicted molar refractivity (Wildman–Crippen MR) is 86.9 cm³/mol. The van der Waals surface area contributed by atoms with Crippen LogP contribution in [0.1, 0.15) is 6.42 Å². The van der Waals surface area contributed by atoms with E-state index in [1.54, 1.807) is 14.2 Å². The molecule has 1 aromatic carbocycles. The monoisotopic (exact) mass is 297 g/mol. The number of ether oxygens (including phenoxy) is 2. The Morgan fingerprint density at radius 1 is 1.25 bits per heavy atom. The van der Waals surface area contributed by atoms with Crippen molar-refractivity contribution >= 4 is 23.0 Å². The first-order valence-electron chi connectivity index (χ1n) is 6.48. The lowest BCUT2D eigenvalue weighted by Gasteiger charge is -2.15. The average molecular weight is 297 g/mol. The summed E-state index contributed by atoms with van der Waals surface area (Å²) in [5, 5.41) is 6.89. The summed E-state index contributed by atoms with van der Waals surface area (Å²) >= 11 is 5.26. The van der Waals surface area contributed by atoms with Crippen LogP contribution in [0.5, 0.6) is 11.5 Å². The van der Waals surface area contributed by atoms with Gasteiger partial charge in [-0.1, -0.05) is 0 Å². The number of hydrogen-bond donors (Lipinski definition) is 2. The van der Waals surface area contributed by atoms with Crippen molar-refractivity contribution in [2.75, 3.05) is 46.7 Å². The molecule has 0 atom stereocenters. The van der Waals surface area contributed by atoms with Gasteiger partial charge in [-0.25, -0.2) is 0 Å². The van der Waals surface area contributed by atoms with E-state index in [0.717, 1.165) is 30.9 Å². The van der Waals surface area contributed by atoms with Crippen molar-refractivity contribution in [2.45, 2.75) is 6.42 Å². The first kappa shape index (κ1) is 16.5. The van der Waals surface area contributed by atoms with Gasteiger partial charge >= 0.3 is 0 Å². The zero-order valence-electron chi connectivity index (χ0n) is 12.5. The number of rotatable bonds is 7. The maximum absolute atomic E-state index is 5.31. The molecule has 5 nitrogen and oxygen atoms in total. The molecule has 0 heterocycles. The first-order valence-corrected chi connectivity index (χ1v) is 6.89. The highest BCUT2D eigenvalue weighted by Gasteiger charge is 2.06. The fraction of sp³-hybridized carbons (Fsp3) is 0.500. The van der Waals surface area contributed by atoms with E-state index in [1.807, 2.05) is 18.2 Å². The number of anilines is 1. The molecule has 0 amide bonds. The Morgan fingerprint density at radius 2 is 2.00 bits per heavy atom. The zero-order valence-corrected chi connectivity index (χ0v) is 13.3. The van der Waals surface area contributed by atoms with Crippen molar-refractivity contribution in [1.82, 2.24) is 10.2 Å². The molecule has 1 aromatic rings. The second-order valence-corrected chi connectivity index (χ2v) is 5.01. The van der Waals surface area contributed by atoms with Crippen LogP contribution in [-0.4, -0.2) is 51.4 Å². The Kier molecular flexibility index (Phi) is 7.11. The van der Waals surface area contributed by atoms with Crippen LogP contribution in [0.25, 0.3) is 0 Å². The summed E-state index contributed by atoms with van der Waals surface area (Å²) in [5.41, 5.74) is 0.818. The number of hydrogen-bond acceptors (Lipinski definition) is 4. The Morgan fingerprint density at radius 3 is 2.60 bits per heavy atom. The average Bonchev–Trinajstić information content (AvgIpc) is 2.43. The summed E-state index contributed by atoms with van der Waals surface area (Å²) in [5.74, 6) is 1.44. The molecule has 0 saturated heterocycles. The normalized spacial score (nSPS) is 10.2. The van der Waals surface area contributed by atoms with E-state index < -0.39 is 0 Å². The second-order valence-electron chi connectivity index (χ2n) is 4.60. The molecule has 0 bridgehead atoms. The lowest BCUT2D eigenvalue weighted by Crippen LogP contribution is -2.31. The predicted octanol–water partition coefficient (Wildman–Crippen LogP) is 1.94. The van der Waals surface area contributed by atoms with Crippen molar-refractivity contribution in [1.29, 1.82) is 0 Å². The van der Waals surface area contributed by atoms with Crippen LogP contribution in [-0.2, 0) is 0 Å². The van der Waals surface area contributed by atoms with Gasteiger partial charge in [0.15, 0.2) is 5.11 Å². The van der Waals surface area contributed by atoms with E-state index in [1.165, 1.54) is 0 Å². The van der Waals surface area contributed by atoms with Crippen LogP contribution >= 0.6 is 12.2 Å². The molecule has 0 aliphatic rings. The van der Waals surface area contributed by atoms with Gasteiger partial charge < -0.3 is 25.0 Å². The van der Waals surface area contributed by atoms with E-state index in [2.05, 4.69) is 29.6 Å². The highest BCUT2D eigenvalue weighted by atomic mass is 32.1. The third-order valence-corrected chi connectivity index (χ3v) is 2.97. The van der Waals surface area contributed by atoms with Crippen LogP contribution in [0.4, 0.5) is 5.69 Å². The van der Waals surface area contributed by atoms with Crippen LogP contribution in [0, 0.1) is 0 Å². The van der Waals surface area contributed by atoms with Gasteiger partial charge in [0.2, 0.25) is 0 Å². The van der Waals surface area contributed by atoms with Gasteiger partial charge in [-0.3, -0.25) is 0 Å². The van der Waals surface area contributed by atoms with E-state index in [9.17, 15) is 0 Å². The molecule has 0 spiro atoms. The van der Waals surface area contributed by atoms with E-state index in [-0.39, 0.29) is 0 Å². The number of methoxy groups -OCH3 is 2. The molecule has 0 aromatic heterocycles. The Hall–Kier alpha value is -1.53. The molecular weight excluding hydrogens is 274 g/mol. The first-order chi connectivity index (χ1) is 9.56.